The number of carbonyl (C=O) groups is 2. The molecule has 1 fully saturated rings. The van der Waals surface area contributed by atoms with E-state index >= 15 is 0 Å². The Morgan fingerprint density at radius 3 is 2.48 bits per heavy atom. The number of allylic oxidation sites excluding steroid dienone is 3. The number of hydrogen-bond donors (Lipinski definition) is 3. The van der Waals surface area contributed by atoms with E-state index in [0.29, 0.717) is 32.1 Å². The maximum Gasteiger partial charge on any atom is 0.303 e. The molecule has 0 heterocycles. The van der Waals surface area contributed by atoms with Crippen LogP contribution >= 0.6 is 0 Å². The first-order valence-corrected chi connectivity index (χ1v) is 9.39. The van der Waals surface area contributed by atoms with Gasteiger partial charge in [0.25, 0.3) is 0 Å². The molecule has 5 heteroatoms. The van der Waals surface area contributed by atoms with Gasteiger partial charge in [0.15, 0.2) is 5.78 Å². The van der Waals surface area contributed by atoms with Gasteiger partial charge in [0.05, 0.1) is 12.2 Å². The molecule has 0 saturated heterocycles. The number of rotatable bonds is 12. The van der Waals surface area contributed by atoms with Gasteiger partial charge in [-0.05, 0) is 37.7 Å². The first kappa shape index (κ1) is 21.6. The minimum absolute atomic E-state index is 0.0741. The van der Waals surface area contributed by atoms with Gasteiger partial charge in [-0.3, -0.25) is 9.59 Å². The van der Waals surface area contributed by atoms with Crippen molar-refractivity contribution in [1.29, 1.82) is 0 Å². The Labute approximate surface area is 150 Å². The number of ketones is 1. The Kier molecular flexibility index (Phi) is 10.3. The second-order valence-corrected chi connectivity index (χ2v) is 6.89. The zero-order valence-corrected chi connectivity index (χ0v) is 15.1. The summed E-state index contributed by atoms with van der Waals surface area (Å²) in [6, 6.07) is 0. The standard InChI is InChI=1S/C20H32O5/c1-2-3-6-9-15(21)12-13-17-16(18(22)14-19(17)23)10-7-4-5-8-11-20(24)25/h4,7,12-13,16-19,22-23H,2-3,5-6,8-11,14H2,1H3,(H,24,25)/b7-4+,13-12+. The molecule has 0 radical (unpaired) electrons. The smallest absolute Gasteiger partial charge is 0.303 e. The zero-order chi connectivity index (χ0) is 18.7. The lowest BCUT2D eigenvalue weighted by atomic mass is 9.89. The quantitative estimate of drug-likeness (QED) is 0.285. The first-order chi connectivity index (χ1) is 12.0. The molecule has 1 saturated carbocycles. The van der Waals surface area contributed by atoms with Crippen LogP contribution in [0, 0.1) is 11.8 Å². The summed E-state index contributed by atoms with van der Waals surface area (Å²) in [5.74, 6) is -1.04. The van der Waals surface area contributed by atoms with Crippen molar-refractivity contribution < 1.29 is 24.9 Å². The molecule has 0 aromatic carbocycles. The number of aliphatic hydroxyl groups excluding tert-OH is 2. The highest BCUT2D eigenvalue weighted by Gasteiger charge is 2.39. The predicted octanol–water partition coefficient (Wildman–Crippen LogP) is 3.25. The SMILES string of the molecule is CCCCCC(=O)/C=C/C1C(O)CC(O)C1C/C=C/CCCC(=O)O. The fraction of sp³-hybridized carbons (Fsp3) is 0.700. The highest BCUT2D eigenvalue weighted by molar-refractivity contribution is 5.89. The van der Waals surface area contributed by atoms with Crippen LogP contribution in [0.4, 0.5) is 0 Å². The molecule has 25 heavy (non-hydrogen) atoms. The fourth-order valence-electron chi connectivity index (χ4n) is 3.30. The number of aliphatic carboxylic acids is 1. The largest absolute Gasteiger partial charge is 0.481 e. The van der Waals surface area contributed by atoms with E-state index in [4.69, 9.17) is 5.11 Å². The predicted molar refractivity (Wildman–Crippen MR) is 97.1 cm³/mol. The number of hydrogen-bond acceptors (Lipinski definition) is 4. The molecule has 0 aromatic heterocycles. The van der Waals surface area contributed by atoms with Gasteiger partial charge in [0.1, 0.15) is 0 Å². The lowest BCUT2D eigenvalue weighted by Crippen LogP contribution is -2.20. The summed E-state index contributed by atoms with van der Waals surface area (Å²) < 4.78 is 0. The van der Waals surface area contributed by atoms with Gasteiger partial charge in [-0.15, -0.1) is 0 Å². The van der Waals surface area contributed by atoms with Gasteiger partial charge in [0, 0.05) is 25.2 Å². The third kappa shape index (κ3) is 8.45. The molecular weight excluding hydrogens is 320 g/mol. The van der Waals surface area contributed by atoms with E-state index in [-0.39, 0.29) is 24.0 Å². The van der Waals surface area contributed by atoms with Crippen LogP contribution in [0.25, 0.3) is 0 Å². The molecule has 4 atom stereocenters. The molecule has 0 aromatic rings. The van der Waals surface area contributed by atoms with Gasteiger partial charge >= 0.3 is 5.97 Å². The van der Waals surface area contributed by atoms with E-state index in [9.17, 15) is 19.8 Å². The topological polar surface area (TPSA) is 94.8 Å². The van der Waals surface area contributed by atoms with Crippen LogP contribution in [0.2, 0.25) is 0 Å². The van der Waals surface area contributed by atoms with E-state index in [0.717, 1.165) is 19.3 Å². The highest BCUT2D eigenvalue weighted by Crippen LogP contribution is 2.36. The van der Waals surface area contributed by atoms with Crippen molar-refractivity contribution >= 4 is 11.8 Å². The molecule has 1 rings (SSSR count). The van der Waals surface area contributed by atoms with E-state index < -0.39 is 18.2 Å². The van der Waals surface area contributed by atoms with Crippen molar-refractivity contribution in [2.24, 2.45) is 11.8 Å². The molecule has 0 aliphatic heterocycles. The fourth-order valence-corrected chi connectivity index (χ4v) is 3.30. The number of carbonyl (C=O) groups excluding carboxylic acids is 1. The summed E-state index contributed by atoms with van der Waals surface area (Å²) in [7, 11) is 0. The van der Waals surface area contributed by atoms with Crippen molar-refractivity contribution in [1.82, 2.24) is 0 Å². The Balaban J connectivity index is 2.48. The molecule has 1 aliphatic carbocycles. The first-order valence-electron chi connectivity index (χ1n) is 9.39. The van der Waals surface area contributed by atoms with Crippen LogP contribution in [-0.4, -0.2) is 39.3 Å². The number of carboxylic acid groups (broad SMARTS) is 1. The Morgan fingerprint density at radius 2 is 1.80 bits per heavy atom. The van der Waals surface area contributed by atoms with Crippen molar-refractivity contribution in [2.75, 3.05) is 0 Å². The molecule has 1 aliphatic rings. The van der Waals surface area contributed by atoms with Crippen LogP contribution < -0.4 is 0 Å². The van der Waals surface area contributed by atoms with Gasteiger partial charge in [-0.25, -0.2) is 0 Å². The average Bonchev–Trinajstić information content (AvgIpc) is 2.82. The minimum atomic E-state index is -0.795. The maximum atomic E-state index is 11.9. The average molecular weight is 352 g/mol. The van der Waals surface area contributed by atoms with Gasteiger partial charge in [-0.1, -0.05) is 38.0 Å². The number of aliphatic hydroxyl groups is 2. The molecule has 0 bridgehead atoms. The summed E-state index contributed by atoms with van der Waals surface area (Å²) in [5, 5.41) is 28.9. The van der Waals surface area contributed by atoms with Crippen molar-refractivity contribution in [3.63, 3.8) is 0 Å². The molecule has 3 N–H and O–H groups in total. The molecular formula is C20H32O5. The third-order valence-electron chi connectivity index (χ3n) is 4.78. The summed E-state index contributed by atoms with van der Waals surface area (Å²) >= 11 is 0. The van der Waals surface area contributed by atoms with Crippen molar-refractivity contribution in [2.45, 2.75) is 76.9 Å². The van der Waals surface area contributed by atoms with Crippen molar-refractivity contribution in [3.05, 3.63) is 24.3 Å². The van der Waals surface area contributed by atoms with E-state index in [2.05, 4.69) is 6.92 Å². The van der Waals surface area contributed by atoms with Crippen LogP contribution in [0.5, 0.6) is 0 Å². The van der Waals surface area contributed by atoms with Gasteiger partial charge < -0.3 is 15.3 Å². The Morgan fingerprint density at radius 1 is 1.04 bits per heavy atom. The molecule has 0 amide bonds. The van der Waals surface area contributed by atoms with E-state index in [1.54, 1.807) is 12.2 Å². The Hall–Kier alpha value is -1.46. The number of carboxylic acids is 1. The number of unbranched alkanes of at least 4 members (excludes halogenated alkanes) is 3. The summed E-state index contributed by atoms with van der Waals surface area (Å²) in [6.07, 6.45) is 11.9. The molecule has 142 valence electrons. The Bertz CT molecular complexity index is 469. The van der Waals surface area contributed by atoms with Crippen LogP contribution in [0.15, 0.2) is 24.3 Å². The normalized spacial score (nSPS) is 26.7. The molecule has 5 nitrogen and oxygen atoms in total. The monoisotopic (exact) mass is 352 g/mol. The minimum Gasteiger partial charge on any atom is -0.481 e. The molecule has 0 spiro atoms. The van der Waals surface area contributed by atoms with E-state index in [1.807, 2.05) is 12.2 Å². The lowest BCUT2D eigenvalue weighted by molar-refractivity contribution is -0.137. The van der Waals surface area contributed by atoms with Crippen LogP contribution in [0.3, 0.4) is 0 Å². The van der Waals surface area contributed by atoms with Crippen LogP contribution in [0.1, 0.15) is 64.7 Å². The summed E-state index contributed by atoms with van der Waals surface area (Å²) in [4.78, 5) is 22.3. The van der Waals surface area contributed by atoms with E-state index in [1.165, 1.54) is 0 Å². The lowest BCUT2D eigenvalue weighted by Gasteiger charge is -2.19. The highest BCUT2D eigenvalue weighted by atomic mass is 16.4. The second-order valence-electron chi connectivity index (χ2n) is 6.89. The molecule has 4 unspecified atom stereocenters. The van der Waals surface area contributed by atoms with Gasteiger partial charge in [0.2, 0.25) is 0 Å². The third-order valence-corrected chi connectivity index (χ3v) is 4.78. The maximum absolute atomic E-state index is 11.9. The van der Waals surface area contributed by atoms with Crippen molar-refractivity contribution in [3.8, 4) is 0 Å². The zero-order valence-electron chi connectivity index (χ0n) is 15.1. The second kappa shape index (κ2) is 12.0. The van der Waals surface area contributed by atoms with Crippen LogP contribution in [-0.2, 0) is 9.59 Å². The summed E-state index contributed by atoms with van der Waals surface area (Å²) in [5.41, 5.74) is 0. The summed E-state index contributed by atoms with van der Waals surface area (Å²) in [6.45, 7) is 2.09. The van der Waals surface area contributed by atoms with Gasteiger partial charge in [-0.2, -0.15) is 0 Å².